The minimum absolute atomic E-state index is 0.00593. The van der Waals surface area contributed by atoms with Crippen LogP contribution >= 0.6 is 0 Å². The first-order valence-electron chi connectivity index (χ1n) is 4.59. The zero-order valence-electron chi connectivity index (χ0n) is 8.01. The maximum absolute atomic E-state index is 5.78. The molecule has 2 aliphatic heterocycles. The van der Waals surface area contributed by atoms with Crippen molar-refractivity contribution in [3.63, 3.8) is 0 Å². The van der Waals surface area contributed by atoms with Crippen LogP contribution in [0.15, 0.2) is 28.9 Å². The van der Waals surface area contributed by atoms with Crippen LogP contribution in [0.3, 0.4) is 0 Å². The fourth-order valence-electron chi connectivity index (χ4n) is 1.80. The molecule has 0 spiro atoms. The third kappa shape index (κ3) is 1.40. The molecule has 0 aliphatic carbocycles. The minimum atomic E-state index is -0.00593. The van der Waals surface area contributed by atoms with Crippen LogP contribution in [-0.4, -0.2) is 30.4 Å². The zero-order chi connectivity index (χ0) is 9.42. The quantitative estimate of drug-likeness (QED) is 0.555. The molecule has 0 aromatic heterocycles. The molecule has 2 rings (SSSR count). The number of fused-ring (bicyclic) bond motifs is 1. The molecule has 0 saturated heterocycles. The van der Waals surface area contributed by atoms with E-state index in [1.165, 1.54) is 5.57 Å². The van der Waals surface area contributed by atoms with Gasteiger partial charge >= 0.3 is 0 Å². The maximum Gasteiger partial charge on any atom is 0.142 e. The average Bonchev–Trinajstić information content (AvgIpc) is 2.12. The van der Waals surface area contributed by atoms with E-state index in [9.17, 15) is 0 Å². The van der Waals surface area contributed by atoms with Crippen molar-refractivity contribution in [1.29, 1.82) is 0 Å². The average molecular weight is 177 g/mol. The van der Waals surface area contributed by atoms with E-state index in [-0.39, 0.29) is 12.2 Å². The summed E-state index contributed by atoms with van der Waals surface area (Å²) in [6, 6.07) is -0.00593. The van der Waals surface area contributed by atoms with Crippen molar-refractivity contribution in [3.8, 4) is 0 Å². The van der Waals surface area contributed by atoms with Gasteiger partial charge in [0.1, 0.15) is 6.17 Å². The van der Waals surface area contributed by atoms with Gasteiger partial charge in [0.05, 0.1) is 6.04 Å². The first-order chi connectivity index (χ1) is 6.18. The molecule has 0 aromatic rings. The number of hydrogen-bond donors (Lipinski definition) is 1. The van der Waals surface area contributed by atoms with Gasteiger partial charge in [-0.3, -0.25) is 4.99 Å². The Balaban J connectivity index is 2.34. The fraction of sp³-hybridized carbons (Fsp3) is 0.500. The molecule has 3 nitrogen and oxygen atoms in total. The zero-order valence-corrected chi connectivity index (χ0v) is 8.01. The van der Waals surface area contributed by atoms with Crippen LogP contribution in [0, 0.1) is 5.92 Å². The fourth-order valence-corrected chi connectivity index (χ4v) is 1.80. The Morgan fingerprint density at radius 3 is 3.08 bits per heavy atom. The molecule has 0 radical (unpaired) electrons. The van der Waals surface area contributed by atoms with Gasteiger partial charge in [-0.15, -0.1) is 0 Å². The minimum Gasteiger partial charge on any atom is -0.356 e. The second kappa shape index (κ2) is 3.00. The van der Waals surface area contributed by atoms with Crippen LogP contribution in [0.4, 0.5) is 0 Å². The van der Waals surface area contributed by atoms with Crippen molar-refractivity contribution in [1.82, 2.24) is 4.90 Å². The summed E-state index contributed by atoms with van der Waals surface area (Å²) in [5.74, 6) is 0.463. The molecule has 0 bridgehead atoms. The topological polar surface area (TPSA) is 41.6 Å². The van der Waals surface area contributed by atoms with Crippen LogP contribution in [0.2, 0.25) is 0 Å². The van der Waals surface area contributed by atoms with Crippen molar-refractivity contribution in [3.05, 3.63) is 23.9 Å². The van der Waals surface area contributed by atoms with Crippen LogP contribution in [-0.2, 0) is 0 Å². The Hall–Kier alpha value is -1.09. The van der Waals surface area contributed by atoms with Gasteiger partial charge in [-0.2, -0.15) is 0 Å². The van der Waals surface area contributed by atoms with E-state index in [2.05, 4.69) is 35.2 Å². The van der Waals surface area contributed by atoms with Crippen LogP contribution < -0.4 is 5.73 Å². The van der Waals surface area contributed by atoms with Crippen molar-refractivity contribution in [2.75, 3.05) is 7.05 Å². The Labute approximate surface area is 78.6 Å². The lowest BCUT2D eigenvalue weighted by Gasteiger charge is -2.35. The number of nitrogens with zero attached hydrogens (tertiary/aromatic N) is 2. The van der Waals surface area contributed by atoms with Gasteiger partial charge in [0.25, 0.3) is 0 Å². The highest BCUT2D eigenvalue weighted by atomic mass is 15.2. The summed E-state index contributed by atoms with van der Waals surface area (Å²) < 4.78 is 0. The summed E-state index contributed by atoms with van der Waals surface area (Å²) in [4.78, 5) is 6.53. The largest absolute Gasteiger partial charge is 0.356 e. The van der Waals surface area contributed by atoms with Crippen molar-refractivity contribution in [2.24, 2.45) is 16.6 Å². The van der Waals surface area contributed by atoms with E-state index in [1.54, 1.807) is 0 Å². The highest BCUT2D eigenvalue weighted by molar-refractivity contribution is 5.69. The Bertz CT molecular complexity index is 291. The molecule has 0 aromatic carbocycles. The molecule has 3 atom stereocenters. The lowest BCUT2D eigenvalue weighted by molar-refractivity contribution is 0.343. The second-order valence-electron chi connectivity index (χ2n) is 3.71. The molecule has 0 saturated carbocycles. The second-order valence-corrected chi connectivity index (χ2v) is 3.71. The lowest BCUT2D eigenvalue weighted by atomic mass is 9.92. The van der Waals surface area contributed by atoms with Gasteiger partial charge in [0.15, 0.2) is 0 Å². The lowest BCUT2D eigenvalue weighted by Crippen LogP contribution is -2.38. The van der Waals surface area contributed by atoms with Gasteiger partial charge in [0, 0.05) is 19.2 Å². The molecule has 2 N–H and O–H groups in total. The maximum atomic E-state index is 5.78. The third-order valence-corrected chi connectivity index (χ3v) is 2.60. The monoisotopic (exact) mass is 177 g/mol. The molecular formula is C10H15N3. The summed E-state index contributed by atoms with van der Waals surface area (Å²) in [5.41, 5.74) is 7.10. The molecule has 0 fully saturated rings. The van der Waals surface area contributed by atoms with E-state index in [1.807, 2.05) is 13.3 Å². The molecular weight excluding hydrogens is 162 g/mol. The van der Waals surface area contributed by atoms with Crippen molar-refractivity contribution in [2.45, 2.75) is 19.1 Å². The number of aliphatic imine (C=N–C) groups is 1. The van der Waals surface area contributed by atoms with Gasteiger partial charge in [-0.05, 0) is 11.8 Å². The number of allylic oxidation sites excluding steroid dienone is 1. The van der Waals surface area contributed by atoms with E-state index in [0.717, 1.165) is 0 Å². The number of rotatable bonds is 0. The standard InChI is InChI=1S/C10H15N3/c1-7-3-4-13(2)10-9(7)5-8(11)6-12-10/h3-8,10H,11H2,1-2H3. The number of nitrogens with two attached hydrogens (primary N) is 1. The Morgan fingerprint density at radius 1 is 1.54 bits per heavy atom. The van der Waals surface area contributed by atoms with E-state index in [0.29, 0.717) is 5.92 Å². The molecule has 0 amide bonds. The number of hydrogen-bond acceptors (Lipinski definition) is 3. The first-order valence-corrected chi connectivity index (χ1v) is 4.59. The predicted molar refractivity (Wildman–Crippen MR) is 54.4 cm³/mol. The molecule has 3 unspecified atom stereocenters. The van der Waals surface area contributed by atoms with E-state index >= 15 is 0 Å². The smallest absolute Gasteiger partial charge is 0.142 e. The summed E-state index contributed by atoms with van der Waals surface area (Å²) in [6.07, 6.45) is 8.37. The number of dihydropyridines is 1. The first kappa shape index (κ1) is 8.51. The highest BCUT2D eigenvalue weighted by Gasteiger charge is 2.26. The van der Waals surface area contributed by atoms with Crippen LogP contribution in [0.1, 0.15) is 6.92 Å². The Kier molecular flexibility index (Phi) is 1.96. The third-order valence-electron chi connectivity index (χ3n) is 2.60. The predicted octanol–water partition coefficient (Wildman–Crippen LogP) is 0.746. The summed E-state index contributed by atoms with van der Waals surface area (Å²) >= 11 is 0. The van der Waals surface area contributed by atoms with Gasteiger partial charge in [-0.25, -0.2) is 0 Å². The SMILES string of the molecule is CC1C=CN(C)C2N=CC(N)C=C12. The van der Waals surface area contributed by atoms with Crippen molar-refractivity contribution < 1.29 is 0 Å². The molecule has 70 valence electrons. The normalized spacial score (nSPS) is 37.3. The van der Waals surface area contributed by atoms with Crippen LogP contribution in [0.25, 0.3) is 0 Å². The Morgan fingerprint density at radius 2 is 2.31 bits per heavy atom. The number of likely N-dealkylation sites (N-methyl/N-ethyl adjacent to an activating group) is 1. The van der Waals surface area contributed by atoms with Gasteiger partial charge in [0.2, 0.25) is 0 Å². The van der Waals surface area contributed by atoms with Gasteiger partial charge < -0.3 is 10.6 Å². The summed E-state index contributed by atoms with van der Waals surface area (Å²) in [7, 11) is 2.04. The molecule has 2 aliphatic rings. The highest BCUT2D eigenvalue weighted by Crippen LogP contribution is 2.27. The molecule has 2 heterocycles. The van der Waals surface area contributed by atoms with Crippen LogP contribution in [0.5, 0.6) is 0 Å². The van der Waals surface area contributed by atoms with E-state index in [4.69, 9.17) is 5.73 Å². The summed E-state index contributed by atoms with van der Waals surface area (Å²) in [6.45, 7) is 2.18. The summed E-state index contributed by atoms with van der Waals surface area (Å²) in [5, 5.41) is 0. The van der Waals surface area contributed by atoms with E-state index < -0.39 is 0 Å². The van der Waals surface area contributed by atoms with Gasteiger partial charge in [-0.1, -0.05) is 19.1 Å². The molecule has 13 heavy (non-hydrogen) atoms. The molecule has 3 heteroatoms. The van der Waals surface area contributed by atoms with Crippen molar-refractivity contribution >= 4 is 6.21 Å².